The molecule has 0 spiro atoms. The Morgan fingerprint density at radius 2 is 1.79 bits per heavy atom. The molecule has 0 saturated heterocycles. The molecule has 0 amide bonds. The van der Waals surface area contributed by atoms with Crippen molar-refractivity contribution in [3.05, 3.63) is 46.4 Å². The van der Waals surface area contributed by atoms with Crippen LogP contribution in [0.15, 0.2) is 40.9 Å². The minimum Gasteiger partial charge on any atom is -0.330 e. The first-order chi connectivity index (χ1) is 6.83. The van der Waals surface area contributed by atoms with Crippen molar-refractivity contribution >= 4 is 26.7 Å². The van der Waals surface area contributed by atoms with Gasteiger partial charge in [-0.2, -0.15) is 0 Å². The molecule has 0 aromatic heterocycles. The molecule has 0 heterocycles. The van der Waals surface area contributed by atoms with Crippen molar-refractivity contribution in [2.45, 2.75) is 6.42 Å². The molecular weight excluding hydrogens is 238 g/mol. The van der Waals surface area contributed by atoms with Crippen LogP contribution in [0.25, 0.3) is 10.8 Å². The predicted molar refractivity (Wildman–Crippen MR) is 64.4 cm³/mol. The fourth-order valence-corrected chi connectivity index (χ4v) is 2.37. The second kappa shape index (κ2) is 4.11. The van der Waals surface area contributed by atoms with Crippen molar-refractivity contribution in [2.24, 2.45) is 5.73 Å². The van der Waals surface area contributed by atoms with E-state index < -0.39 is 0 Å². The minimum atomic E-state index is 0.695. The number of nitrogens with two attached hydrogens (primary N) is 1. The highest BCUT2D eigenvalue weighted by atomic mass is 79.9. The molecule has 0 aliphatic carbocycles. The van der Waals surface area contributed by atoms with E-state index in [2.05, 4.69) is 52.3 Å². The summed E-state index contributed by atoms with van der Waals surface area (Å²) in [6.07, 6.45) is 0.931. The molecule has 14 heavy (non-hydrogen) atoms. The van der Waals surface area contributed by atoms with E-state index in [-0.39, 0.29) is 0 Å². The third-order valence-corrected chi connectivity index (χ3v) is 3.01. The Hall–Kier alpha value is -0.860. The van der Waals surface area contributed by atoms with Gasteiger partial charge in [0.05, 0.1) is 0 Å². The highest BCUT2D eigenvalue weighted by molar-refractivity contribution is 9.10. The van der Waals surface area contributed by atoms with E-state index in [9.17, 15) is 0 Å². The molecule has 2 aromatic rings. The lowest BCUT2D eigenvalue weighted by Gasteiger charge is -2.06. The van der Waals surface area contributed by atoms with Crippen molar-refractivity contribution in [2.75, 3.05) is 6.54 Å². The zero-order valence-electron chi connectivity index (χ0n) is 7.83. The maximum atomic E-state index is 5.59. The van der Waals surface area contributed by atoms with Crippen LogP contribution < -0.4 is 5.73 Å². The monoisotopic (exact) mass is 249 g/mol. The zero-order chi connectivity index (χ0) is 9.97. The Morgan fingerprint density at radius 1 is 1.07 bits per heavy atom. The molecule has 2 aromatic carbocycles. The quantitative estimate of drug-likeness (QED) is 0.870. The fraction of sp³-hybridized carbons (Fsp3) is 0.167. The van der Waals surface area contributed by atoms with E-state index in [1.807, 2.05) is 0 Å². The van der Waals surface area contributed by atoms with Gasteiger partial charge in [-0.25, -0.2) is 0 Å². The van der Waals surface area contributed by atoms with Crippen LogP contribution in [-0.2, 0) is 6.42 Å². The SMILES string of the molecule is NCCc1cccc2cccc(Br)c12. The molecule has 0 bridgehead atoms. The summed E-state index contributed by atoms with van der Waals surface area (Å²) in [7, 11) is 0. The van der Waals surface area contributed by atoms with E-state index >= 15 is 0 Å². The Kier molecular flexibility index (Phi) is 2.85. The van der Waals surface area contributed by atoms with Gasteiger partial charge in [-0.3, -0.25) is 0 Å². The summed E-state index contributed by atoms with van der Waals surface area (Å²) in [6, 6.07) is 12.6. The zero-order valence-corrected chi connectivity index (χ0v) is 9.42. The molecule has 0 unspecified atom stereocenters. The average molecular weight is 250 g/mol. The Morgan fingerprint density at radius 3 is 2.50 bits per heavy atom. The third kappa shape index (κ3) is 1.68. The summed E-state index contributed by atoms with van der Waals surface area (Å²) in [5, 5.41) is 2.56. The molecule has 0 aliphatic rings. The summed E-state index contributed by atoms with van der Waals surface area (Å²) in [5.41, 5.74) is 6.90. The summed E-state index contributed by atoms with van der Waals surface area (Å²) >= 11 is 3.58. The largest absolute Gasteiger partial charge is 0.330 e. The van der Waals surface area contributed by atoms with Crippen molar-refractivity contribution in [3.63, 3.8) is 0 Å². The average Bonchev–Trinajstić information content (AvgIpc) is 2.19. The molecule has 0 atom stereocenters. The van der Waals surface area contributed by atoms with Crippen LogP contribution in [0, 0.1) is 0 Å². The van der Waals surface area contributed by atoms with Gasteiger partial charge in [-0.1, -0.05) is 46.3 Å². The smallest absolute Gasteiger partial charge is 0.0256 e. The Labute approximate surface area is 92.1 Å². The predicted octanol–water partition coefficient (Wildman–Crippen LogP) is 3.10. The van der Waals surface area contributed by atoms with Crippen molar-refractivity contribution in [1.82, 2.24) is 0 Å². The maximum Gasteiger partial charge on any atom is 0.0256 e. The number of rotatable bonds is 2. The molecule has 72 valence electrons. The lowest BCUT2D eigenvalue weighted by molar-refractivity contribution is 0.977. The van der Waals surface area contributed by atoms with Crippen molar-refractivity contribution < 1.29 is 0 Å². The topological polar surface area (TPSA) is 26.0 Å². The highest BCUT2D eigenvalue weighted by Gasteiger charge is 2.02. The van der Waals surface area contributed by atoms with Gasteiger partial charge in [0, 0.05) is 4.47 Å². The van der Waals surface area contributed by atoms with E-state index in [1.165, 1.54) is 16.3 Å². The highest BCUT2D eigenvalue weighted by Crippen LogP contribution is 2.27. The van der Waals surface area contributed by atoms with Gasteiger partial charge in [0.15, 0.2) is 0 Å². The molecule has 0 fully saturated rings. The van der Waals surface area contributed by atoms with Crippen LogP contribution in [0.2, 0.25) is 0 Å². The van der Waals surface area contributed by atoms with Gasteiger partial charge in [0.1, 0.15) is 0 Å². The van der Waals surface area contributed by atoms with Crippen molar-refractivity contribution in [1.29, 1.82) is 0 Å². The van der Waals surface area contributed by atoms with Gasteiger partial charge in [0.2, 0.25) is 0 Å². The molecule has 0 saturated carbocycles. The number of halogens is 1. The molecule has 2 heteroatoms. The summed E-state index contributed by atoms with van der Waals surface area (Å²) in [5.74, 6) is 0. The van der Waals surface area contributed by atoms with Crippen LogP contribution in [0.5, 0.6) is 0 Å². The van der Waals surface area contributed by atoms with E-state index in [0.29, 0.717) is 6.54 Å². The number of hydrogen-bond acceptors (Lipinski definition) is 1. The first kappa shape index (κ1) is 9.69. The number of fused-ring (bicyclic) bond motifs is 1. The summed E-state index contributed by atoms with van der Waals surface area (Å²) in [6.45, 7) is 0.695. The number of benzene rings is 2. The standard InChI is InChI=1S/C12H12BrN/c13-11-6-2-5-9-3-1-4-10(7-8-14)12(9)11/h1-6H,7-8,14H2. The third-order valence-electron chi connectivity index (χ3n) is 2.35. The maximum absolute atomic E-state index is 5.59. The van der Waals surface area contributed by atoms with E-state index in [0.717, 1.165) is 10.9 Å². The Bertz CT molecular complexity index is 446. The van der Waals surface area contributed by atoms with Crippen molar-refractivity contribution in [3.8, 4) is 0 Å². The molecule has 0 aliphatic heterocycles. The lowest BCUT2D eigenvalue weighted by Crippen LogP contribution is -2.03. The van der Waals surface area contributed by atoms with Crippen LogP contribution in [0.3, 0.4) is 0 Å². The van der Waals surface area contributed by atoms with Crippen LogP contribution in [0.1, 0.15) is 5.56 Å². The normalized spacial score (nSPS) is 10.7. The second-order valence-electron chi connectivity index (χ2n) is 3.29. The van der Waals surface area contributed by atoms with Crippen LogP contribution in [-0.4, -0.2) is 6.54 Å². The fourth-order valence-electron chi connectivity index (χ4n) is 1.73. The van der Waals surface area contributed by atoms with Gasteiger partial charge >= 0.3 is 0 Å². The van der Waals surface area contributed by atoms with Gasteiger partial charge in [0.25, 0.3) is 0 Å². The molecule has 1 nitrogen and oxygen atoms in total. The van der Waals surface area contributed by atoms with Crippen LogP contribution in [0.4, 0.5) is 0 Å². The van der Waals surface area contributed by atoms with Gasteiger partial charge in [-0.15, -0.1) is 0 Å². The lowest BCUT2D eigenvalue weighted by atomic mass is 10.0. The first-order valence-corrected chi connectivity index (χ1v) is 5.48. The summed E-state index contributed by atoms with van der Waals surface area (Å²) < 4.78 is 1.15. The first-order valence-electron chi connectivity index (χ1n) is 4.69. The molecule has 0 radical (unpaired) electrons. The summed E-state index contributed by atoms with van der Waals surface area (Å²) in [4.78, 5) is 0. The second-order valence-corrected chi connectivity index (χ2v) is 4.15. The molecule has 2 rings (SSSR count). The van der Waals surface area contributed by atoms with Gasteiger partial charge in [-0.05, 0) is 35.4 Å². The number of hydrogen-bond donors (Lipinski definition) is 1. The molecule has 2 N–H and O–H groups in total. The molecular formula is C12H12BrN. The minimum absolute atomic E-state index is 0.695. The van der Waals surface area contributed by atoms with E-state index in [4.69, 9.17) is 5.73 Å². The van der Waals surface area contributed by atoms with Gasteiger partial charge < -0.3 is 5.73 Å². The van der Waals surface area contributed by atoms with Crippen LogP contribution >= 0.6 is 15.9 Å². The Balaban J connectivity index is 2.71. The van der Waals surface area contributed by atoms with E-state index in [1.54, 1.807) is 0 Å².